The number of methoxy groups -OCH3 is 2. The summed E-state index contributed by atoms with van der Waals surface area (Å²) in [6.07, 6.45) is 0.0193. The number of hydrogen-bond donors (Lipinski definition) is 3. The van der Waals surface area contributed by atoms with Crippen molar-refractivity contribution in [3.8, 4) is 22.2 Å². The lowest BCUT2D eigenvalue weighted by Gasteiger charge is -2.27. The van der Waals surface area contributed by atoms with Crippen LogP contribution in [0, 0.1) is 20.8 Å². The van der Waals surface area contributed by atoms with Gasteiger partial charge in [-0.1, -0.05) is 23.7 Å². The summed E-state index contributed by atoms with van der Waals surface area (Å²) in [4.78, 5) is 83.7. The molecule has 3 N–H and O–H groups in total. The van der Waals surface area contributed by atoms with Crippen molar-refractivity contribution >= 4 is 75.5 Å². The van der Waals surface area contributed by atoms with Crippen molar-refractivity contribution in [2.75, 3.05) is 33.9 Å². The van der Waals surface area contributed by atoms with E-state index in [1.54, 1.807) is 11.3 Å². The fourth-order valence-corrected chi connectivity index (χ4v) is 9.02. The minimum Gasteiger partial charge on any atom is -0.493 e. The average molecular weight is 921 g/mol. The van der Waals surface area contributed by atoms with Crippen LogP contribution in [-0.4, -0.2) is 101 Å². The zero-order valence-electron chi connectivity index (χ0n) is 35.7. The van der Waals surface area contributed by atoms with E-state index in [-0.39, 0.29) is 78.0 Å². The van der Waals surface area contributed by atoms with Crippen molar-refractivity contribution in [2.45, 2.75) is 52.1 Å². The fraction of sp³-hybridized carbons (Fsp3) is 0.295. The molecule has 1 fully saturated rings. The Morgan fingerprint density at radius 3 is 2.25 bits per heavy atom. The maximum absolute atomic E-state index is 13.4. The maximum Gasteiger partial charge on any atom is 0.262 e. The van der Waals surface area contributed by atoms with Crippen molar-refractivity contribution in [3.63, 3.8) is 0 Å². The molecular weight excluding hydrogens is 880 g/mol. The number of halogens is 1. The molecule has 5 heterocycles. The van der Waals surface area contributed by atoms with Crippen LogP contribution >= 0.6 is 22.9 Å². The molecule has 2 unspecified atom stereocenters. The largest absolute Gasteiger partial charge is 0.493 e. The SMILES string of the molecule is COc1cc(/N=N/c2ccc3c(c2)C(=O)N(C2CCC(=O)NC2=O)C3=O)cc(OC)c1OCC(=O)NCCNC(=O)CC1N=C(c2ccc(Cl)cc2)c2c(sc(C)c2C)-n2c(C)nnc21. The number of thiophene rings is 1. The second-order valence-corrected chi connectivity index (χ2v) is 16.8. The van der Waals surface area contributed by atoms with Gasteiger partial charge in [0.2, 0.25) is 23.5 Å². The van der Waals surface area contributed by atoms with Gasteiger partial charge in [-0.3, -0.25) is 48.5 Å². The molecule has 21 heteroatoms. The first kappa shape index (κ1) is 44.3. The number of nitrogens with one attached hydrogen (secondary N) is 3. The summed E-state index contributed by atoms with van der Waals surface area (Å²) in [5.41, 5.74) is 4.29. The lowest BCUT2D eigenvalue weighted by Crippen LogP contribution is -2.54. The number of piperidine rings is 1. The number of aryl methyl sites for hydroxylation is 2. The van der Waals surface area contributed by atoms with Crippen LogP contribution in [0.4, 0.5) is 11.4 Å². The first-order chi connectivity index (χ1) is 31.3. The van der Waals surface area contributed by atoms with Crippen LogP contribution in [0.15, 0.2) is 69.8 Å². The number of rotatable bonds is 14. The van der Waals surface area contributed by atoms with Crippen molar-refractivity contribution in [2.24, 2.45) is 15.2 Å². The van der Waals surface area contributed by atoms with Crippen molar-refractivity contribution in [1.29, 1.82) is 0 Å². The zero-order valence-corrected chi connectivity index (χ0v) is 37.3. The Bertz CT molecular complexity index is 2830. The highest BCUT2D eigenvalue weighted by atomic mass is 35.5. The molecular formula is C44H41ClN10O9S. The fourth-order valence-electron chi connectivity index (χ4n) is 7.68. The van der Waals surface area contributed by atoms with Crippen molar-refractivity contribution < 1.29 is 43.0 Å². The Morgan fingerprint density at radius 2 is 1.55 bits per heavy atom. The minimum absolute atomic E-state index is 0.00539. The van der Waals surface area contributed by atoms with Gasteiger partial charge >= 0.3 is 0 Å². The monoisotopic (exact) mass is 920 g/mol. The number of fused-ring (bicyclic) bond motifs is 4. The number of hydrogen-bond acceptors (Lipinski definition) is 15. The number of carbonyl (C=O) groups is 6. The number of imide groups is 2. The first-order valence-corrected chi connectivity index (χ1v) is 21.5. The van der Waals surface area contributed by atoms with E-state index >= 15 is 0 Å². The van der Waals surface area contributed by atoms with Crippen LogP contribution in [0.25, 0.3) is 5.00 Å². The Hall–Kier alpha value is -7.32. The van der Waals surface area contributed by atoms with Crippen molar-refractivity contribution in [1.82, 2.24) is 35.6 Å². The number of azo groups is 1. The molecule has 334 valence electrons. The number of carbonyl (C=O) groups excluding carboxylic acids is 6. The van der Waals surface area contributed by atoms with Gasteiger partial charge in [0, 0.05) is 52.7 Å². The molecule has 5 aromatic rings. The molecule has 3 aromatic carbocycles. The average Bonchev–Trinajstić information content (AvgIpc) is 3.86. The lowest BCUT2D eigenvalue weighted by molar-refractivity contribution is -0.136. The highest BCUT2D eigenvalue weighted by Gasteiger charge is 2.44. The van der Waals surface area contributed by atoms with E-state index in [9.17, 15) is 28.8 Å². The molecule has 6 amide bonds. The van der Waals surface area contributed by atoms with Crippen LogP contribution < -0.4 is 30.2 Å². The Kier molecular flexibility index (Phi) is 12.6. The number of benzene rings is 3. The van der Waals surface area contributed by atoms with Gasteiger partial charge in [0.05, 0.1) is 48.9 Å². The van der Waals surface area contributed by atoms with E-state index in [1.165, 1.54) is 44.6 Å². The second kappa shape index (κ2) is 18.4. The quantitative estimate of drug-likeness (QED) is 0.0731. The van der Waals surface area contributed by atoms with Gasteiger partial charge in [0.15, 0.2) is 23.9 Å². The normalized spacial score (nSPS) is 16.6. The van der Waals surface area contributed by atoms with Crippen molar-refractivity contribution in [3.05, 3.63) is 104 Å². The van der Waals surface area contributed by atoms with Gasteiger partial charge in [-0.05, 0) is 63.1 Å². The lowest BCUT2D eigenvalue weighted by atomic mass is 9.99. The molecule has 3 aliphatic rings. The van der Waals surface area contributed by atoms with E-state index < -0.39 is 48.2 Å². The third-order valence-corrected chi connectivity index (χ3v) is 12.4. The molecule has 65 heavy (non-hydrogen) atoms. The molecule has 0 aliphatic carbocycles. The summed E-state index contributed by atoms with van der Waals surface area (Å²) in [6, 6.07) is 13.0. The van der Waals surface area contributed by atoms with E-state index in [2.05, 4.69) is 50.2 Å². The summed E-state index contributed by atoms with van der Waals surface area (Å²) < 4.78 is 18.8. The Morgan fingerprint density at radius 1 is 0.877 bits per heavy atom. The topological polar surface area (TPSA) is 237 Å². The van der Waals surface area contributed by atoms with Gasteiger partial charge in [0.25, 0.3) is 17.7 Å². The second-order valence-electron chi connectivity index (χ2n) is 15.2. The van der Waals surface area contributed by atoms with Crippen LogP contribution in [0.3, 0.4) is 0 Å². The molecule has 0 bridgehead atoms. The molecule has 3 aliphatic heterocycles. The predicted molar refractivity (Wildman–Crippen MR) is 236 cm³/mol. The predicted octanol–water partition coefficient (Wildman–Crippen LogP) is 5.33. The van der Waals surface area contributed by atoms with E-state index in [4.69, 9.17) is 30.8 Å². The first-order valence-electron chi connectivity index (χ1n) is 20.3. The van der Waals surface area contributed by atoms with Crippen LogP contribution in [-0.2, 0) is 19.2 Å². The molecule has 1 saturated heterocycles. The molecule has 2 aromatic heterocycles. The molecule has 19 nitrogen and oxygen atoms in total. The maximum atomic E-state index is 13.4. The number of nitrogens with zero attached hydrogens (tertiary/aromatic N) is 7. The van der Waals surface area contributed by atoms with Crippen LogP contribution in [0.5, 0.6) is 17.2 Å². The van der Waals surface area contributed by atoms with Gasteiger partial charge in [-0.15, -0.1) is 21.5 Å². The van der Waals surface area contributed by atoms with Gasteiger partial charge in [0.1, 0.15) is 22.9 Å². The zero-order chi connectivity index (χ0) is 46.1. The summed E-state index contributed by atoms with van der Waals surface area (Å²) >= 11 is 7.84. The number of amides is 6. The van der Waals surface area contributed by atoms with E-state index in [0.29, 0.717) is 16.7 Å². The third-order valence-electron chi connectivity index (χ3n) is 11.0. The molecule has 8 rings (SSSR count). The molecule has 0 saturated carbocycles. The molecule has 2 atom stereocenters. The summed E-state index contributed by atoms with van der Waals surface area (Å²) in [5.74, 6) is -1.55. The highest BCUT2D eigenvalue weighted by Crippen LogP contribution is 2.42. The Labute approximate surface area is 380 Å². The number of aromatic nitrogens is 3. The van der Waals surface area contributed by atoms with Crippen LogP contribution in [0.1, 0.15) is 79.2 Å². The summed E-state index contributed by atoms with van der Waals surface area (Å²) in [7, 11) is 2.79. The van der Waals surface area contributed by atoms with Gasteiger partial charge in [-0.2, -0.15) is 10.2 Å². The van der Waals surface area contributed by atoms with Crippen LogP contribution in [0.2, 0.25) is 5.02 Å². The minimum atomic E-state index is -1.10. The van der Waals surface area contributed by atoms with E-state index in [1.807, 2.05) is 35.8 Å². The van der Waals surface area contributed by atoms with E-state index in [0.717, 1.165) is 37.2 Å². The summed E-state index contributed by atoms with van der Waals surface area (Å²) in [5, 5.41) is 26.5. The number of ether oxygens (including phenoxy) is 3. The molecule has 0 radical (unpaired) electrons. The van der Waals surface area contributed by atoms with Gasteiger partial charge in [-0.25, -0.2) is 0 Å². The molecule has 0 spiro atoms. The Balaban J connectivity index is 0.869. The smallest absolute Gasteiger partial charge is 0.262 e. The number of aliphatic imine (C=N–C) groups is 1. The third kappa shape index (κ3) is 8.81. The van der Waals surface area contributed by atoms with Gasteiger partial charge < -0.3 is 24.8 Å². The standard InChI is InChI=1S/C44H41ClN10O9S/c1-21-22(2)65-44-37(21)38(24-6-8-25(45)9-7-24)48-30(40-53-50-23(3)54(40)44)19-35(57)46-14-15-47-36(58)20-64-39-32(62-4)17-27(18-33(39)63-5)52-51-26-10-11-28-29(16-26)43(61)55(42(28)60)31-12-13-34(56)49-41(31)59/h6-11,16-18,30-31H,12-15,19-20H2,1-5H3,(H,46,57)(H,47,58)(H,49,56,59)/b52-51+. The highest BCUT2D eigenvalue weighted by molar-refractivity contribution is 7.15. The summed E-state index contributed by atoms with van der Waals surface area (Å²) in [6.45, 7) is 5.80.